The first-order valence-corrected chi connectivity index (χ1v) is 8.53. The number of amides is 1. The quantitative estimate of drug-likeness (QED) is 0.944. The van der Waals surface area contributed by atoms with Crippen molar-refractivity contribution in [2.75, 3.05) is 29.9 Å². The van der Waals surface area contributed by atoms with Crippen LogP contribution in [-0.2, 0) is 11.2 Å². The minimum Gasteiger partial charge on any atom is -0.492 e. The highest BCUT2D eigenvalue weighted by Crippen LogP contribution is 2.29. The summed E-state index contributed by atoms with van der Waals surface area (Å²) in [5.74, 6) is 1.59. The molecule has 0 saturated carbocycles. The largest absolute Gasteiger partial charge is 0.492 e. The average Bonchev–Trinajstić information content (AvgIpc) is 3.16. The van der Waals surface area contributed by atoms with Gasteiger partial charge in [-0.05, 0) is 43.0 Å². The Labute approximate surface area is 141 Å². The molecular formula is C19H21N3O2. The first-order valence-electron chi connectivity index (χ1n) is 8.53. The molecule has 5 heteroatoms. The monoisotopic (exact) mass is 323 g/mol. The van der Waals surface area contributed by atoms with E-state index >= 15 is 0 Å². The fraction of sp³-hybridized carbons (Fsp3) is 0.368. The van der Waals surface area contributed by atoms with Crippen LogP contribution in [0.2, 0.25) is 0 Å². The molecule has 0 spiro atoms. The lowest BCUT2D eigenvalue weighted by molar-refractivity contribution is -0.121. The Morgan fingerprint density at radius 2 is 2.00 bits per heavy atom. The number of hydrogen-bond donors (Lipinski definition) is 1. The van der Waals surface area contributed by atoms with E-state index in [0.29, 0.717) is 13.0 Å². The minimum atomic E-state index is -0.175. The van der Waals surface area contributed by atoms with Gasteiger partial charge in [-0.25, -0.2) is 4.98 Å². The van der Waals surface area contributed by atoms with Crippen LogP contribution < -0.4 is 15.0 Å². The minimum absolute atomic E-state index is 0.00190. The van der Waals surface area contributed by atoms with Gasteiger partial charge in [0.15, 0.2) is 5.82 Å². The van der Waals surface area contributed by atoms with Crippen molar-refractivity contribution in [2.45, 2.75) is 19.3 Å². The molecule has 5 nitrogen and oxygen atoms in total. The van der Waals surface area contributed by atoms with E-state index in [0.717, 1.165) is 35.9 Å². The Morgan fingerprint density at radius 1 is 1.17 bits per heavy atom. The van der Waals surface area contributed by atoms with Crippen LogP contribution in [0.25, 0.3) is 0 Å². The highest BCUT2D eigenvalue weighted by atomic mass is 16.5. The number of para-hydroxylation sites is 1. The molecule has 4 rings (SSSR count). The van der Waals surface area contributed by atoms with Gasteiger partial charge >= 0.3 is 0 Å². The lowest BCUT2D eigenvalue weighted by atomic mass is 9.96. The molecule has 1 saturated heterocycles. The molecule has 1 amide bonds. The number of fused-ring (bicyclic) bond motifs is 1. The Morgan fingerprint density at radius 3 is 2.88 bits per heavy atom. The SMILES string of the molecule is O=C(Nc1cccnc1N1CCCC1)[C@@H]1COc2ccccc2C1. The van der Waals surface area contributed by atoms with Gasteiger partial charge in [-0.15, -0.1) is 0 Å². The third kappa shape index (κ3) is 2.94. The van der Waals surface area contributed by atoms with Gasteiger partial charge in [-0.1, -0.05) is 18.2 Å². The zero-order chi connectivity index (χ0) is 16.4. The summed E-state index contributed by atoms with van der Waals surface area (Å²) >= 11 is 0. The summed E-state index contributed by atoms with van der Waals surface area (Å²) in [5.41, 5.74) is 1.89. The van der Waals surface area contributed by atoms with Gasteiger partial charge in [0.1, 0.15) is 12.4 Å². The van der Waals surface area contributed by atoms with E-state index in [1.54, 1.807) is 6.20 Å². The third-order valence-electron chi connectivity index (χ3n) is 4.70. The van der Waals surface area contributed by atoms with E-state index in [2.05, 4.69) is 15.2 Å². The number of benzene rings is 1. The molecule has 124 valence electrons. The van der Waals surface area contributed by atoms with Crippen molar-refractivity contribution in [3.63, 3.8) is 0 Å². The van der Waals surface area contributed by atoms with E-state index in [-0.39, 0.29) is 11.8 Å². The average molecular weight is 323 g/mol. The molecule has 1 aromatic carbocycles. The second-order valence-electron chi connectivity index (χ2n) is 6.38. The molecule has 1 atom stereocenters. The van der Waals surface area contributed by atoms with Crippen molar-refractivity contribution in [3.05, 3.63) is 48.2 Å². The number of ether oxygens (including phenoxy) is 1. The van der Waals surface area contributed by atoms with Crippen LogP contribution in [0.5, 0.6) is 5.75 Å². The Balaban J connectivity index is 1.49. The fourth-order valence-electron chi connectivity index (χ4n) is 3.41. The lowest BCUT2D eigenvalue weighted by Crippen LogP contribution is -2.33. The second kappa shape index (κ2) is 6.51. The highest BCUT2D eigenvalue weighted by molar-refractivity contribution is 5.95. The number of carbonyl (C=O) groups is 1. The van der Waals surface area contributed by atoms with Crippen molar-refractivity contribution in [1.29, 1.82) is 0 Å². The highest BCUT2D eigenvalue weighted by Gasteiger charge is 2.27. The van der Waals surface area contributed by atoms with Gasteiger partial charge in [0.25, 0.3) is 0 Å². The van der Waals surface area contributed by atoms with Gasteiger partial charge in [-0.3, -0.25) is 4.79 Å². The number of pyridine rings is 1. The van der Waals surface area contributed by atoms with Crippen LogP contribution in [0.4, 0.5) is 11.5 Å². The first-order chi connectivity index (χ1) is 11.8. The van der Waals surface area contributed by atoms with Crippen LogP contribution >= 0.6 is 0 Å². The fourth-order valence-corrected chi connectivity index (χ4v) is 3.41. The number of rotatable bonds is 3. The van der Waals surface area contributed by atoms with E-state index in [1.807, 2.05) is 36.4 Å². The summed E-state index contributed by atoms with van der Waals surface area (Å²) in [7, 11) is 0. The van der Waals surface area contributed by atoms with Crippen molar-refractivity contribution in [1.82, 2.24) is 4.98 Å². The van der Waals surface area contributed by atoms with Crippen molar-refractivity contribution in [2.24, 2.45) is 5.92 Å². The zero-order valence-electron chi connectivity index (χ0n) is 13.6. The predicted molar refractivity (Wildman–Crippen MR) is 93.4 cm³/mol. The molecule has 2 aliphatic heterocycles. The number of aromatic nitrogens is 1. The summed E-state index contributed by atoms with van der Waals surface area (Å²) in [6.07, 6.45) is 4.85. The summed E-state index contributed by atoms with van der Waals surface area (Å²) < 4.78 is 5.74. The van der Waals surface area contributed by atoms with E-state index in [9.17, 15) is 4.79 Å². The normalized spacial score (nSPS) is 19.5. The van der Waals surface area contributed by atoms with Crippen LogP contribution in [0.15, 0.2) is 42.6 Å². The molecule has 0 radical (unpaired) electrons. The smallest absolute Gasteiger partial charge is 0.231 e. The zero-order valence-corrected chi connectivity index (χ0v) is 13.6. The Bertz CT molecular complexity index is 741. The van der Waals surface area contributed by atoms with Crippen molar-refractivity contribution >= 4 is 17.4 Å². The second-order valence-corrected chi connectivity index (χ2v) is 6.38. The summed E-state index contributed by atoms with van der Waals surface area (Å²) in [6, 6.07) is 11.7. The lowest BCUT2D eigenvalue weighted by Gasteiger charge is -2.25. The first kappa shape index (κ1) is 15.0. The molecule has 1 N–H and O–H groups in total. The third-order valence-corrected chi connectivity index (χ3v) is 4.70. The van der Waals surface area contributed by atoms with Gasteiger partial charge in [0.05, 0.1) is 11.6 Å². The Hall–Kier alpha value is -2.56. The standard InChI is InChI=1S/C19H21N3O2/c23-19(15-12-14-6-1-2-8-17(14)24-13-15)21-16-7-5-9-20-18(16)22-10-3-4-11-22/h1-2,5-9,15H,3-4,10-13H2,(H,21,23)/t15-/m0/s1. The maximum atomic E-state index is 12.7. The molecule has 2 aliphatic rings. The maximum Gasteiger partial charge on any atom is 0.231 e. The number of hydrogen-bond acceptors (Lipinski definition) is 4. The molecular weight excluding hydrogens is 302 g/mol. The topological polar surface area (TPSA) is 54.5 Å². The van der Waals surface area contributed by atoms with Crippen LogP contribution in [-0.4, -0.2) is 30.6 Å². The molecule has 0 aliphatic carbocycles. The molecule has 0 bridgehead atoms. The van der Waals surface area contributed by atoms with Crippen LogP contribution in [0.3, 0.4) is 0 Å². The van der Waals surface area contributed by atoms with E-state index in [4.69, 9.17) is 4.74 Å². The van der Waals surface area contributed by atoms with Gasteiger partial charge in [-0.2, -0.15) is 0 Å². The number of anilines is 2. The number of nitrogens with one attached hydrogen (secondary N) is 1. The summed E-state index contributed by atoms with van der Waals surface area (Å²) in [5, 5.41) is 3.06. The molecule has 1 aromatic heterocycles. The predicted octanol–water partition coefficient (Wildman–Crippen LogP) is 2.87. The molecule has 24 heavy (non-hydrogen) atoms. The van der Waals surface area contributed by atoms with E-state index in [1.165, 1.54) is 12.8 Å². The number of nitrogens with zero attached hydrogens (tertiary/aromatic N) is 2. The van der Waals surface area contributed by atoms with Crippen LogP contribution in [0.1, 0.15) is 18.4 Å². The van der Waals surface area contributed by atoms with Gasteiger partial charge < -0.3 is 15.0 Å². The van der Waals surface area contributed by atoms with Gasteiger partial charge in [0.2, 0.25) is 5.91 Å². The van der Waals surface area contributed by atoms with Crippen molar-refractivity contribution in [3.8, 4) is 5.75 Å². The van der Waals surface area contributed by atoms with Crippen LogP contribution in [0, 0.1) is 5.92 Å². The summed E-state index contributed by atoms with van der Waals surface area (Å²) in [6.45, 7) is 2.42. The molecule has 2 aromatic rings. The maximum absolute atomic E-state index is 12.7. The molecule has 0 unspecified atom stereocenters. The molecule has 3 heterocycles. The summed E-state index contributed by atoms with van der Waals surface area (Å²) in [4.78, 5) is 19.4. The van der Waals surface area contributed by atoms with Crippen molar-refractivity contribution < 1.29 is 9.53 Å². The molecule has 1 fully saturated rings. The Kier molecular flexibility index (Phi) is 4.07. The van der Waals surface area contributed by atoms with Gasteiger partial charge in [0, 0.05) is 19.3 Å². The van der Waals surface area contributed by atoms with E-state index < -0.39 is 0 Å². The number of carbonyl (C=O) groups excluding carboxylic acids is 1.